The molecular weight excluding hydrogens is 338 g/mol. The van der Waals surface area contributed by atoms with Gasteiger partial charge in [0.05, 0.1) is 23.7 Å². The van der Waals surface area contributed by atoms with Crippen LogP contribution in [0.1, 0.15) is 26.3 Å². The SMILES string of the molecule is CSc1ccc2c(c1)C[C@@](C)(C(=O)NC(N)=O)C1[C@H](C)O[C@H](C)CN21. The van der Waals surface area contributed by atoms with E-state index in [1.807, 2.05) is 27.0 Å². The average molecular weight is 363 g/mol. The lowest BCUT2D eigenvalue weighted by Gasteiger charge is -2.54. The van der Waals surface area contributed by atoms with Gasteiger partial charge >= 0.3 is 6.03 Å². The van der Waals surface area contributed by atoms with Crippen LogP contribution in [0, 0.1) is 5.41 Å². The number of imide groups is 1. The van der Waals surface area contributed by atoms with Crippen molar-refractivity contribution in [1.82, 2.24) is 5.32 Å². The molecule has 0 aliphatic carbocycles. The maximum Gasteiger partial charge on any atom is 0.318 e. The highest BCUT2D eigenvalue weighted by Gasteiger charge is 2.53. The molecule has 1 aromatic carbocycles. The first-order valence-electron chi connectivity index (χ1n) is 8.46. The first kappa shape index (κ1) is 18.1. The van der Waals surface area contributed by atoms with Gasteiger partial charge in [-0.15, -0.1) is 11.8 Å². The van der Waals surface area contributed by atoms with Crippen LogP contribution in [0.2, 0.25) is 0 Å². The smallest absolute Gasteiger partial charge is 0.318 e. The second kappa shape index (κ2) is 6.53. The summed E-state index contributed by atoms with van der Waals surface area (Å²) in [6, 6.07) is 5.40. The zero-order valence-corrected chi connectivity index (χ0v) is 15.9. The van der Waals surface area contributed by atoms with Gasteiger partial charge in [0.1, 0.15) is 0 Å². The molecule has 4 atom stereocenters. The minimum absolute atomic E-state index is 0.0703. The van der Waals surface area contributed by atoms with Crippen molar-refractivity contribution in [1.29, 1.82) is 0 Å². The molecule has 136 valence electrons. The summed E-state index contributed by atoms with van der Waals surface area (Å²) in [5.41, 5.74) is 6.66. The molecule has 1 unspecified atom stereocenters. The van der Waals surface area contributed by atoms with Crippen LogP contribution in [-0.4, -0.2) is 43.0 Å². The number of nitrogens with two attached hydrogens (primary N) is 1. The number of benzene rings is 1. The summed E-state index contributed by atoms with van der Waals surface area (Å²) in [6.45, 7) is 6.63. The van der Waals surface area contributed by atoms with E-state index in [9.17, 15) is 9.59 Å². The zero-order valence-electron chi connectivity index (χ0n) is 15.0. The van der Waals surface area contributed by atoms with E-state index in [1.165, 1.54) is 0 Å². The monoisotopic (exact) mass is 363 g/mol. The number of thioether (sulfide) groups is 1. The summed E-state index contributed by atoms with van der Waals surface area (Å²) in [4.78, 5) is 27.6. The lowest BCUT2D eigenvalue weighted by atomic mass is 9.69. The third kappa shape index (κ3) is 3.11. The average Bonchev–Trinajstić information content (AvgIpc) is 2.52. The first-order valence-corrected chi connectivity index (χ1v) is 9.68. The van der Waals surface area contributed by atoms with Gasteiger partial charge in [0.2, 0.25) is 5.91 Å². The van der Waals surface area contributed by atoms with Crippen LogP contribution < -0.4 is 16.0 Å². The lowest BCUT2D eigenvalue weighted by Crippen LogP contribution is -2.67. The van der Waals surface area contributed by atoms with Gasteiger partial charge in [0.15, 0.2) is 0 Å². The molecule has 7 heteroatoms. The fourth-order valence-electron chi connectivity index (χ4n) is 4.32. The number of hydrogen-bond donors (Lipinski definition) is 2. The largest absolute Gasteiger partial charge is 0.372 e. The number of rotatable bonds is 2. The number of morpholine rings is 1. The van der Waals surface area contributed by atoms with Crippen LogP contribution in [0.4, 0.5) is 10.5 Å². The Kier molecular flexibility index (Phi) is 4.72. The van der Waals surface area contributed by atoms with Crippen molar-refractivity contribution in [3.63, 3.8) is 0 Å². The standard InChI is InChI=1S/C18H25N3O3S/c1-10-9-21-14-6-5-13(25-4)7-12(14)8-18(3,15(21)11(2)24-10)16(22)20-17(19)23/h5-7,10-11,15H,8-9H2,1-4H3,(H3,19,20,22,23)/t10-,11+,15?,18-/m1/s1. The Morgan fingerprint density at radius 1 is 1.40 bits per heavy atom. The molecule has 3 N–H and O–H groups in total. The number of anilines is 1. The van der Waals surface area contributed by atoms with Crippen molar-refractivity contribution in [2.75, 3.05) is 17.7 Å². The number of hydrogen-bond acceptors (Lipinski definition) is 5. The predicted molar refractivity (Wildman–Crippen MR) is 98.9 cm³/mol. The highest BCUT2D eigenvalue weighted by molar-refractivity contribution is 7.98. The van der Waals surface area contributed by atoms with Crippen LogP contribution in [-0.2, 0) is 16.0 Å². The summed E-state index contributed by atoms with van der Waals surface area (Å²) in [6.07, 6.45) is 2.51. The number of amides is 3. The number of nitrogens with zero attached hydrogens (tertiary/aromatic N) is 1. The molecule has 1 aromatic rings. The molecule has 2 heterocycles. The maximum atomic E-state index is 12.9. The number of primary amides is 1. The van der Waals surface area contributed by atoms with E-state index >= 15 is 0 Å². The van der Waals surface area contributed by atoms with Crippen molar-refractivity contribution in [3.8, 4) is 0 Å². The minimum Gasteiger partial charge on any atom is -0.372 e. The Morgan fingerprint density at radius 2 is 2.12 bits per heavy atom. The Labute approximate surface area is 152 Å². The number of urea groups is 1. The van der Waals surface area contributed by atoms with Gasteiger partial charge in [-0.2, -0.15) is 0 Å². The number of carbonyl (C=O) groups is 2. The van der Waals surface area contributed by atoms with Crippen molar-refractivity contribution in [3.05, 3.63) is 23.8 Å². The summed E-state index contributed by atoms with van der Waals surface area (Å²) >= 11 is 1.67. The molecule has 6 nitrogen and oxygen atoms in total. The molecule has 25 heavy (non-hydrogen) atoms. The lowest BCUT2D eigenvalue weighted by molar-refractivity contribution is -0.136. The van der Waals surface area contributed by atoms with Crippen LogP contribution in [0.5, 0.6) is 0 Å². The van der Waals surface area contributed by atoms with Gasteiger partial charge in [0, 0.05) is 17.1 Å². The highest BCUT2D eigenvalue weighted by Crippen LogP contribution is 2.46. The van der Waals surface area contributed by atoms with Gasteiger partial charge in [-0.25, -0.2) is 4.79 Å². The third-order valence-electron chi connectivity index (χ3n) is 5.24. The van der Waals surface area contributed by atoms with Gasteiger partial charge in [-0.1, -0.05) is 0 Å². The Bertz CT molecular complexity index is 711. The van der Waals surface area contributed by atoms with Crippen molar-refractivity contribution in [2.45, 2.75) is 50.3 Å². The fraction of sp³-hybridized carbons (Fsp3) is 0.556. The molecule has 3 amide bonds. The van der Waals surface area contributed by atoms with Gasteiger partial charge in [-0.05, 0) is 57.2 Å². The third-order valence-corrected chi connectivity index (χ3v) is 5.97. The molecule has 2 aliphatic rings. The maximum absolute atomic E-state index is 12.9. The molecular formula is C18H25N3O3S. The van der Waals surface area contributed by atoms with E-state index in [1.54, 1.807) is 11.8 Å². The van der Waals surface area contributed by atoms with Crippen molar-refractivity contribution in [2.24, 2.45) is 11.1 Å². The van der Waals surface area contributed by atoms with E-state index in [0.717, 1.165) is 16.1 Å². The Balaban J connectivity index is 2.10. The van der Waals surface area contributed by atoms with Gasteiger partial charge in [0.25, 0.3) is 0 Å². The fourth-order valence-corrected chi connectivity index (χ4v) is 4.78. The molecule has 3 rings (SSSR count). The van der Waals surface area contributed by atoms with E-state index < -0.39 is 11.4 Å². The molecule has 0 aromatic heterocycles. The molecule has 0 bridgehead atoms. The molecule has 1 saturated heterocycles. The Hall–Kier alpha value is -1.73. The predicted octanol–water partition coefficient (Wildman–Crippen LogP) is 2.15. The topological polar surface area (TPSA) is 84.7 Å². The second-order valence-corrected chi connectivity index (χ2v) is 8.04. The molecule has 0 saturated carbocycles. The van der Waals surface area contributed by atoms with E-state index in [-0.39, 0.29) is 24.2 Å². The van der Waals surface area contributed by atoms with Crippen molar-refractivity contribution >= 4 is 29.4 Å². The number of ether oxygens (including phenoxy) is 1. The van der Waals surface area contributed by atoms with E-state index in [2.05, 4.69) is 28.4 Å². The van der Waals surface area contributed by atoms with Crippen LogP contribution in [0.15, 0.2) is 23.1 Å². The first-order chi connectivity index (χ1) is 11.8. The summed E-state index contributed by atoms with van der Waals surface area (Å²) in [5.74, 6) is -0.347. The quantitative estimate of drug-likeness (QED) is 0.787. The van der Waals surface area contributed by atoms with Crippen LogP contribution in [0.25, 0.3) is 0 Å². The molecule has 0 radical (unpaired) electrons. The summed E-state index contributed by atoms with van der Waals surface area (Å²) in [5, 5.41) is 2.29. The molecule has 1 fully saturated rings. The van der Waals surface area contributed by atoms with E-state index in [4.69, 9.17) is 10.5 Å². The minimum atomic E-state index is -0.820. The van der Waals surface area contributed by atoms with Crippen molar-refractivity contribution < 1.29 is 14.3 Å². The van der Waals surface area contributed by atoms with Crippen LogP contribution in [0.3, 0.4) is 0 Å². The second-order valence-electron chi connectivity index (χ2n) is 7.16. The Morgan fingerprint density at radius 3 is 2.76 bits per heavy atom. The highest BCUT2D eigenvalue weighted by atomic mass is 32.2. The number of nitrogens with one attached hydrogen (secondary N) is 1. The molecule has 0 spiro atoms. The zero-order chi connectivity index (χ0) is 18.4. The van der Waals surface area contributed by atoms with Gasteiger partial charge < -0.3 is 15.4 Å². The number of carbonyl (C=O) groups excluding carboxylic acids is 2. The van der Waals surface area contributed by atoms with Gasteiger partial charge in [-0.3, -0.25) is 10.1 Å². The summed E-state index contributed by atoms with van der Waals surface area (Å²) < 4.78 is 6.02. The normalized spacial score (nSPS) is 31.0. The molecule has 2 aliphatic heterocycles. The van der Waals surface area contributed by atoms with Crippen LogP contribution >= 0.6 is 11.8 Å². The van der Waals surface area contributed by atoms with E-state index in [0.29, 0.717) is 13.0 Å². The summed E-state index contributed by atoms with van der Waals surface area (Å²) in [7, 11) is 0. The number of fused-ring (bicyclic) bond motifs is 3.